The van der Waals surface area contributed by atoms with E-state index in [1.54, 1.807) is 22.9 Å². The summed E-state index contributed by atoms with van der Waals surface area (Å²) in [7, 11) is 0. The molecule has 166 valence electrons. The quantitative estimate of drug-likeness (QED) is 0.564. The largest absolute Gasteiger partial charge is 0.352 e. The number of non-ortho nitro benzene ring substituents is 1. The van der Waals surface area contributed by atoms with E-state index < -0.39 is 4.92 Å². The van der Waals surface area contributed by atoms with E-state index in [0.717, 1.165) is 36.6 Å². The Morgan fingerprint density at radius 2 is 1.71 bits per heavy atom. The standard InChI is InChI=1S/C22H29N5O4/c28-21(15-26-11-8-16-14-19(27(30)31)6-7-20(16)26)23-18-9-12-25(13-10-18)22(29)24-17-4-2-1-3-5-17/h6-8,11,14,17-18H,1-5,9-10,12-13,15H2,(H,23,28)(H,24,29). The van der Waals surface area contributed by atoms with Crippen molar-refractivity contribution in [2.45, 2.75) is 63.6 Å². The minimum Gasteiger partial charge on any atom is -0.352 e. The zero-order valence-corrected chi connectivity index (χ0v) is 17.6. The van der Waals surface area contributed by atoms with Gasteiger partial charge in [0, 0.05) is 54.4 Å². The Balaban J connectivity index is 1.25. The molecule has 2 heterocycles. The Hall–Kier alpha value is -3.10. The predicted molar refractivity (Wildman–Crippen MR) is 117 cm³/mol. The molecule has 0 radical (unpaired) electrons. The van der Waals surface area contributed by atoms with Crippen molar-refractivity contribution in [1.82, 2.24) is 20.1 Å². The molecule has 1 aliphatic heterocycles. The number of nitro benzene ring substituents is 1. The lowest BCUT2D eigenvalue weighted by molar-refractivity contribution is -0.384. The van der Waals surface area contributed by atoms with E-state index in [9.17, 15) is 19.7 Å². The predicted octanol–water partition coefficient (Wildman–Crippen LogP) is 3.17. The summed E-state index contributed by atoms with van der Waals surface area (Å²) in [5.41, 5.74) is 0.823. The Morgan fingerprint density at radius 1 is 1.00 bits per heavy atom. The summed E-state index contributed by atoms with van der Waals surface area (Å²) < 4.78 is 1.79. The molecule has 1 aliphatic carbocycles. The molecule has 31 heavy (non-hydrogen) atoms. The molecule has 0 bridgehead atoms. The van der Waals surface area contributed by atoms with Crippen molar-refractivity contribution in [2.75, 3.05) is 13.1 Å². The lowest BCUT2D eigenvalue weighted by atomic mass is 9.95. The van der Waals surface area contributed by atoms with Gasteiger partial charge in [-0.25, -0.2) is 4.79 Å². The summed E-state index contributed by atoms with van der Waals surface area (Å²) in [5, 5.41) is 17.9. The maximum absolute atomic E-state index is 12.5. The van der Waals surface area contributed by atoms with Crippen LogP contribution >= 0.6 is 0 Å². The van der Waals surface area contributed by atoms with Crippen LogP contribution in [0.5, 0.6) is 0 Å². The Kier molecular flexibility index (Phi) is 6.39. The van der Waals surface area contributed by atoms with E-state index in [-0.39, 0.29) is 30.2 Å². The summed E-state index contributed by atoms with van der Waals surface area (Å²) in [6.07, 6.45) is 9.02. The van der Waals surface area contributed by atoms with E-state index in [1.165, 1.54) is 31.4 Å². The van der Waals surface area contributed by atoms with E-state index >= 15 is 0 Å². The molecule has 1 saturated carbocycles. The number of benzene rings is 1. The van der Waals surface area contributed by atoms with Crippen LogP contribution in [-0.2, 0) is 11.3 Å². The Bertz CT molecular complexity index is 958. The van der Waals surface area contributed by atoms with Crippen LogP contribution < -0.4 is 10.6 Å². The van der Waals surface area contributed by atoms with Crippen LogP contribution in [0.1, 0.15) is 44.9 Å². The maximum Gasteiger partial charge on any atom is 0.317 e. The van der Waals surface area contributed by atoms with Gasteiger partial charge in [0.2, 0.25) is 5.91 Å². The smallest absolute Gasteiger partial charge is 0.317 e. The number of aromatic nitrogens is 1. The summed E-state index contributed by atoms with van der Waals surface area (Å²) >= 11 is 0. The van der Waals surface area contributed by atoms with Crippen molar-refractivity contribution in [3.8, 4) is 0 Å². The third kappa shape index (κ3) is 5.15. The second kappa shape index (κ2) is 9.36. The SMILES string of the molecule is O=C(Cn1ccc2cc([N+](=O)[O-])ccc21)NC1CCN(C(=O)NC2CCCCC2)CC1. The average Bonchev–Trinajstić information content (AvgIpc) is 3.16. The molecule has 2 aromatic rings. The van der Waals surface area contributed by atoms with Crippen molar-refractivity contribution in [3.05, 3.63) is 40.6 Å². The summed E-state index contributed by atoms with van der Waals surface area (Å²) in [6.45, 7) is 1.43. The monoisotopic (exact) mass is 427 g/mol. The van der Waals surface area contributed by atoms with Gasteiger partial charge < -0.3 is 20.1 Å². The molecule has 2 fully saturated rings. The number of hydrogen-bond donors (Lipinski definition) is 2. The van der Waals surface area contributed by atoms with Crippen LogP contribution in [0.2, 0.25) is 0 Å². The number of nitro groups is 1. The highest BCUT2D eigenvalue weighted by molar-refractivity contribution is 5.85. The molecule has 1 aromatic carbocycles. The number of carbonyl (C=O) groups excluding carboxylic acids is 2. The molecular formula is C22H29N5O4. The second-order valence-electron chi connectivity index (χ2n) is 8.56. The van der Waals surface area contributed by atoms with Gasteiger partial charge in [0.05, 0.1) is 4.92 Å². The third-order valence-electron chi connectivity index (χ3n) is 6.36. The van der Waals surface area contributed by atoms with Gasteiger partial charge in [-0.3, -0.25) is 14.9 Å². The van der Waals surface area contributed by atoms with E-state index in [1.807, 2.05) is 4.90 Å². The maximum atomic E-state index is 12.5. The minimum atomic E-state index is -0.425. The number of likely N-dealkylation sites (tertiary alicyclic amines) is 1. The van der Waals surface area contributed by atoms with Crippen LogP contribution in [0.4, 0.5) is 10.5 Å². The van der Waals surface area contributed by atoms with Gasteiger partial charge in [0.15, 0.2) is 0 Å². The van der Waals surface area contributed by atoms with Gasteiger partial charge in [-0.1, -0.05) is 19.3 Å². The van der Waals surface area contributed by atoms with Gasteiger partial charge in [-0.15, -0.1) is 0 Å². The highest BCUT2D eigenvalue weighted by atomic mass is 16.6. The van der Waals surface area contributed by atoms with E-state index in [0.29, 0.717) is 19.1 Å². The Labute approximate surface area is 180 Å². The van der Waals surface area contributed by atoms with Crippen LogP contribution in [0, 0.1) is 10.1 Å². The minimum absolute atomic E-state index is 0.0181. The van der Waals surface area contributed by atoms with Crippen LogP contribution in [0.25, 0.3) is 10.9 Å². The zero-order valence-electron chi connectivity index (χ0n) is 17.6. The molecular weight excluding hydrogens is 398 g/mol. The topological polar surface area (TPSA) is 110 Å². The highest BCUT2D eigenvalue weighted by Crippen LogP contribution is 2.22. The average molecular weight is 428 g/mol. The van der Waals surface area contributed by atoms with Crippen LogP contribution in [-0.4, -0.2) is 51.5 Å². The number of piperidine rings is 1. The number of nitrogens with zero attached hydrogens (tertiary/aromatic N) is 3. The number of hydrogen-bond acceptors (Lipinski definition) is 4. The molecule has 4 rings (SSSR count). The van der Waals surface area contributed by atoms with Crippen molar-refractivity contribution < 1.29 is 14.5 Å². The fourth-order valence-electron chi connectivity index (χ4n) is 4.61. The molecule has 0 atom stereocenters. The molecule has 0 unspecified atom stereocenters. The summed E-state index contributed by atoms with van der Waals surface area (Å²) in [6, 6.07) is 6.78. The highest BCUT2D eigenvalue weighted by Gasteiger charge is 2.26. The molecule has 2 aliphatic rings. The normalized spacial score (nSPS) is 18.1. The van der Waals surface area contributed by atoms with Crippen molar-refractivity contribution in [1.29, 1.82) is 0 Å². The van der Waals surface area contributed by atoms with Crippen LogP contribution in [0.3, 0.4) is 0 Å². The molecule has 1 saturated heterocycles. The number of amides is 3. The van der Waals surface area contributed by atoms with Gasteiger partial charge >= 0.3 is 6.03 Å². The van der Waals surface area contributed by atoms with E-state index in [2.05, 4.69) is 10.6 Å². The number of rotatable bonds is 5. The molecule has 9 nitrogen and oxygen atoms in total. The van der Waals surface area contributed by atoms with E-state index in [4.69, 9.17) is 0 Å². The van der Waals surface area contributed by atoms with Gasteiger partial charge in [0.1, 0.15) is 6.54 Å². The number of fused-ring (bicyclic) bond motifs is 1. The van der Waals surface area contributed by atoms with Gasteiger partial charge in [-0.2, -0.15) is 0 Å². The lowest BCUT2D eigenvalue weighted by Crippen LogP contribution is -2.51. The molecule has 2 N–H and O–H groups in total. The first-order chi connectivity index (χ1) is 15.0. The van der Waals surface area contributed by atoms with Gasteiger partial charge in [-0.05, 0) is 37.8 Å². The van der Waals surface area contributed by atoms with Crippen molar-refractivity contribution in [2.24, 2.45) is 0 Å². The summed E-state index contributed by atoms with van der Waals surface area (Å²) in [5.74, 6) is -0.0963. The number of urea groups is 1. The van der Waals surface area contributed by atoms with Gasteiger partial charge in [0.25, 0.3) is 5.69 Å². The first kappa shape index (κ1) is 21.1. The number of nitrogens with one attached hydrogen (secondary N) is 2. The first-order valence-electron chi connectivity index (χ1n) is 11.1. The lowest BCUT2D eigenvalue weighted by Gasteiger charge is -2.34. The third-order valence-corrected chi connectivity index (χ3v) is 6.36. The molecule has 0 spiro atoms. The molecule has 3 amide bonds. The number of carbonyl (C=O) groups is 2. The second-order valence-corrected chi connectivity index (χ2v) is 8.56. The molecule has 1 aromatic heterocycles. The fourth-order valence-corrected chi connectivity index (χ4v) is 4.61. The zero-order chi connectivity index (χ0) is 21.8. The Morgan fingerprint density at radius 3 is 2.42 bits per heavy atom. The van der Waals surface area contributed by atoms with Crippen molar-refractivity contribution in [3.63, 3.8) is 0 Å². The van der Waals surface area contributed by atoms with Crippen molar-refractivity contribution >= 4 is 28.5 Å². The molecule has 9 heteroatoms. The fraction of sp³-hybridized carbons (Fsp3) is 0.545. The summed E-state index contributed by atoms with van der Waals surface area (Å²) in [4.78, 5) is 37.4. The van der Waals surface area contributed by atoms with Crippen LogP contribution in [0.15, 0.2) is 30.5 Å². The first-order valence-corrected chi connectivity index (χ1v) is 11.1.